The highest BCUT2D eigenvalue weighted by Gasteiger charge is 2.24. The monoisotopic (exact) mass is 803 g/mol. The number of anilines is 2. The lowest BCUT2D eigenvalue weighted by molar-refractivity contribution is -0.118. The van der Waals surface area contributed by atoms with E-state index in [1.165, 1.54) is 18.2 Å². The van der Waals surface area contributed by atoms with Gasteiger partial charge in [-0.15, -0.1) is 0 Å². The number of hydrogen-bond acceptors (Lipinski definition) is 7. The van der Waals surface area contributed by atoms with Crippen LogP contribution in [0.15, 0.2) is 170 Å². The first-order chi connectivity index (χ1) is 29.3. The summed E-state index contributed by atoms with van der Waals surface area (Å²) >= 11 is 0. The van der Waals surface area contributed by atoms with Crippen molar-refractivity contribution in [3.05, 3.63) is 203 Å². The number of alkyl carbamates (subject to hydrolysis) is 2. The normalized spacial score (nSPS) is 11.1. The third-order valence-corrected chi connectivity index (χ3v) is 9.33. The summed E-state index contributed by atoms with van der Waals surface area (Å²) in [5.74, 6) is -1.84. The molecule has 5 amide bonds. The lowest BCUT2D eigenvalue weighted by atomic mass is 9.91. The van der Waals surface area contributed by atoms with Gasteiger partial charge in [0.25, 0.3) is 5.91 Å². The summed E-state index contributed by atoms with van der Waals surface area (Å²) in [5.41, 5.74) is 4.82. The molecule has 0 aliphatic carbocycles. The number of amides is 5. The van der Waals surface area contributed by atoms with E-state index in [4.69, 9.17) is 9.47 Å². The molecule has 6 aromatic rings. The van der Waals surface area contributed by atoms with Gasteiger partial charge in [0, 0.05) is 35.8 Å². The van der Waals surface area contributed by atoms with Crippen molar-refractivity contribution in [2.45, 2.75) is 31.6 Å². The van der Waals surface area contributed by atoms with Crippen molar-refractivity contribution in [3.63, 3.8) is 0 Å². The fraction of sp³-hybridized carbons (Fsp3) is 0.146. The third-order valence-electron chi connectivity index (χ3n) is 9.33. The third kappa shape index (κ3) is 13.2. The van der Waals surface area contributed by atoms with Crippen molar-refractivity contribution in [1.82, 2.24) is 16.0 Å². The summed E-state index contributed by atoms with van der Waals surface area (Å²) < 4.78 is 10.6. The second-order valence-corrected chi connectivity index (χ2v) is 13.8. The summed E-state index contributed by atoms with van der Waals surface area (Å²) in [4.78, 5) is 66.3. The molecule has 5 N–H and O–H groups in total. The number of ether oxygens (including phenoxy) is 2. The molecular formula is C48H45N5O7. The van der Waals surface area contributed by atoms with Crippen LogP contribution in [0.5, 0.6) is 0 Å². The van der Waals surface area contributed by atoms with Gasteiger partial charge in [-0.25, -0.2) is 9.59 Å². The van der Waals surface area contributed by atoms with Crippen LogP contribution in [-0.2, 0) is 38.7 Å². The summed E-state index contributed by atoms with van der Waals surface area (Å²) in [7, 11) is 0. The van der Waals surface area contributed by atoms with Crippen LogP contribution in [0.1, 0.15) is 44.1 Å². The molecule has 12 heteroatoms. The zero-order chi connectivity index (χ0) is 41.9. The zero-order valence-electron chi connectivity index (χ0n) is 32.7. The molecule has 0 unspecified atom stereocenters. The largest absolute Gasteiger partial charge is 0.445 e. The van der Waals surface area contributed by atoms with E-state index < -0.39 is 42.5 Å². The van der Waals surface area contributed by atoms with Crippen LogP contribution in [0, 0.1) is 0 Å². The fourth-order valence-electron chi connectivity index (χ4n) is 6.33. The Morgan fingerprint density at radius 2 is 0.967 bits per heavy atom. The molecule has 6 aromatic carbocycles. The zero-order valence-corrected chi connectivity index (χ0v) is 32.7. The first-order valence-electron chi connectivity index (χ1n) is 19.4. The van der Waals surface area contributed by atoms with Gasteiger partial charge in [-0.2, -0.15) is 0 Å². The maximum atomic E-state index is 14.0. The molecular weight excluding hydrogens is 759 g/mol. The van der Waals surface area contributed by atoms with Crippen LogP contribution in [0.3, 0.4) is 0 Å². The summed E-state index contributed by atoms with van der Waals surface area (Å²) in [6.07, 6.45) is -1.46. The molecule has 60 heavy (non-hydrogen) atoms. The predicted octanol–water partition coefficient (Wildman–Crippen LogP) is 7.59. The highest BCUT2D eigenvalue weighted by Crippen LogP contribution is 2.25. The molecule has 12 nitrogen and oxygen atoms in total. The van der Waals surface area contributed by atoms with Crippen molar-refractivity contribution in [2.24, 2.45) is 0 Å². The Kier molecular flexibility index (Phi) is 15.2. The molecule has 0 heterocycles. The maximum Gasteiger partial charge on any atom is 0.408 e. The van der Waals surface area contributed by atoms with E-state index in [9.17, 15) is 24.0 Å². The molecule has 0 fully saturated rings. The molecule has 0 aliphatic heterocycles. The van der Waals surface area contributed by atoms with E-state index >= 15 is 0 Å². The van der Waals surface area contributed by atoms with E-state index in [0.29, 0.717) is 0 Å². The van der Waals surface area contributed by atoms with Gasteiger partial charge in [0.15, 0.2) is 0 Å². The first kappa shape index (κ1) is 41.9. The Bertz CT molecular complexity index is 2290. The average molecular weight is 804 g/mol. The minimum atomic E-state index is -1.09. The highest BCUT2D eigenvalue weighted by molar-refractivity contribution is 6.02. The number of rotatable bonds is 17. The van der Waals surface area contributed by atoms with E-state index in [1.807, 2.05) is 140 Å². The molecule has 6 rings (SSSR count). The molecule has 0 bridgehead atoms. The quantitative estimate of drug-likeness (QED) is 0.0634. The van der Waals surface area contributed by atoms with Gasteiger partial charge in [0.05, 0.1) is 0 Å². The molecule has 0 aliphatic rings. The molecule has 0 saturated heterocycles. The second kappa shape index (κ2) is 21.7. The maximum absolute atomic E-state index is 14.0. The van der Waals surface area contributed by atoms with E-state index in [-0.39, 0.29) is 49.0 Å². The van der Waals surface area contributed by atoms with Gasteiger partial charge in [0.1, 0.15) is 25.8 Å². The molecule has 304 valence electrons. The lowest BCUT2D eigenvalue weighted by Gasteiger charge is -2.20. The summed E-state index contributed by atoms with van der Waals surface area (Å²) in [6.45, 7) is -0.166. The number of hydrogen-bond donors (Lipinski definition) is 5. The summed E-state index contributed by atoms with van der Waals surface area (Å²) in [5, 5.41) is 13.6. The SMILES string of the molecule is O=C(CNC(=O)OCc1ccccc1)Nc1cc(NC(=O)[C@H](Cc2ccccc2)NC(=O)OCc2ccccc2)cc(C(=O)NCC(c2ccccc2)c2ccccc2)c1. The summed E-state index contributed by atoms with van der Waals surface area (Å²) in [6, 6.07) is 50.3. The lowest BCUT2D eigenvalue weighted by Crippen LogP contribution is -2.45. The molecule has 0 saturated carbocycles. The highest BCUT2D eigenvalue weighted by atomic mass is 16.6. The van der Waals surface area contributed by atoms with Gasteiger partial charge in [-0.1, -0.05) is 152 Å². The fourth-order valence-corrected chi connectivity index (χ4v) is 6.33. The minimum Gasteiger partial charge on any atom is -0.445 e. The van der Waals surface area contributed by atoms with Crippen molar-refractivity contribution >= 4 is 41.3 Å². The Morgan fingerprint density at radius 1 is 0.500 bits per heavy atom. The predicted molar refractivity (Wildman–Crippen MR) is 229 cm³/mol. The van der Waals surface area contributed by atoms with Crippen molar-refractivity contribution in [1.29, 1.82) is 0 Å². The Labute approximate surface area is 348 Å². The number of benzene rings is 6. The van der Waals surface area contributed by atoms with Crippen molar-refractivity contribution in [2.75, 3.05) is 23.7 Å². The van der Waals surface area contributed by atoms with Crippen LogP contribution in [0.4, 0.5) is 21.0 Å². The van der Waals surface area contributed by atoms with Crippen LogP contribution in [0.25, 0.3) is 0 Å². The van der Waals surface area contributed by atoms with E-state index in [0.717, 1.165) is 27.8 Å². The Morgan fingerprint density at radius 3 is 1.50 bits per heavy atom. The van der Waals surface area contributed by atoms with E-state index in [1.54, 1.807) is 12.1 Å². The molecule has 0 spiro atoms. The smallest absolute Gasteiger partial charge is 0.408 e. The minimum absolute atomic E-state index is 0.00156. The first-order valence-corrected chi connectivity index (χ1v) is 19.4. The number of carbonyl (C=O) groups is 5. The molecule has 0 radical (unpaired) electrons. The molecule has 0 aromatic heterocycles. The number of nitrogens with one attached hydrogen (secondary N) is 5. The van der Waals surface area contributed by atoms with Gasteiger partial charge >= 0.3 is 12.2 Å². The van der Waals surface area contributed by atoms with Crippen LogP contribution in [0.2, 0.25) is 0 Å². The van der Waals surface area contributed by atoms with Gasteiger partial charge in [-0.05, 0) is 46.0 Å². The average Bonchev–Trinajstić information content (AvgIpc) is 3.28. The van der Waals surface area contributed by atoms with Crippen LogP contribution < -0.4 is 26.6 Å². The number of carbonyl (C=O) groups excluding carboxylic acids is 5. The van der Waals surface area contributed by atoms with Crippen LogP contribution >= 0.6 is 0 Å². The molecule has 1 atom stereocenters. The second-order valence-electron chi connectivity index (χ2n) is 13.8. The van der Waals surface area contributed by atoms with Gasteiger partial charge in [-0.3, -0.25) is 14.4 Å². The standard InChI is InChI=1S/C48H45N5O7/c54-44(31-50-47(57)59-32-35-18-8-2-9-19-35)51-40-27-39(45(55)49-30-42(37-22-12-4-13-23-37)38-24-14-5-15-25-38)28-41(29-40)52-46(56)43(26-34-16-6-1-7-17-34)53-48(58)60-33-36-20-10-3-11-21-36/h1-25,27-29,42-43H,26,30-33H2,(H,49,55)(H,50,57)(H,51,54)(H,52,56)(H,53,58)/t43-/m0/s1. The Hall–Kier alpha value is -7.73. The van der Waals surface area contributed by atoms with Crippen LogP contribution in [-0.4, -0.2) is 49.0 Å². The van der Waals surface area contributed by atoms with Crippen molar-refractivity contribution in [3.8, 4) is 0 Å². The Balaban J connectivity index is 1.19. The van der Waals surface area contributed by atoms with Gasteiger partial charge in [0.2, 0.25) is 11.8 Å². The topological polar surface area (TPSA) is 164 Å². The van der Waals surface area contributed by atoms with E-state index in [2.05, 4.69) is 26.6 Å². The van der Waals surface area contributed by atoms with Gasteiger partial charge < -0.3 is 36.1 Å². The van der Waals surface area contributed by atoms with Crippen molar-refractivity contribution < 1.29 is 33.4 Å².